The van der Waals surface area contributed by atoms with Crippen LogP contribution in [0.3, 0.4) is 0 Å². The second-order valence-corrected chi connectivity index (χ2v) is 6.69. The molecule has 0 bridgehead atoms. The van der Waals surface area contributed by atoms with Gasteiger partial charge < -0.3 is 5.32 Å². The van der Waals surface area contributed by atoms with Crippen molar-refractivity contribution in [2.75, 3.05) is 5.32 Å². The summed E-state index contributed by atoms with van der Waals surface area (Å²) in [5.41, 5.74) is 1.24. The lowest BCUT2D eigenvalue weighted by molar-refractivity contribution is 0.885. The van der Waals surface area contributed by atoms with Crippen molar-refractivity contribution in [3.63, 3.8) is 0 Å². The number of anilines is 1. The van der Waals surface area contributed by atoms with Crippen molar-refractivity contribution in [1.82, 2.24) is 9.97 Å². The molecule has 1 unspecified atom stereocenters. The van der Waals surface area contributed by atoms with E-state index in [1.165, 1.54) is 27.7 Å². The van der Waals surface area contributed by atoms with Gasteiger partial charge in [0.25, 0.3) is 0 Å². The third kappa shape index (κ3) is 2.54. The van der Waals surface area contributed by atoms with Crippen LogP contribution in [-0.2, 0) is 0 Å². The van der Waals surface area contributed by atoms with E-state index in [0.29, 0.717) is 5.02 Å². The Morgan fingerprint density at radius 1 is 1.09 bits per heavy atom. The molecule has 3 nitrogen and oxygen atoms in total. The summed E-state index contributed by atoms with van der Waals surface area (Å²) in [6.07, 6.45) is 1.58. The minimum atomic E-state index is 0.107. The van der Waals surface area contributed by atoms with E-state index in [4.69, 9.17) is 11.6 Å². The fraction of sp³-hybridized carbons (Fsp3) is 0.111. The zero-order chi connectivity index (χ0) is 15.8. The van der Waals surface area contributed by atoms with Crippen molar-refractivity contribution in [2.24, 2.45) is 0 Å². The molecule has 0 spiro atoms. The summed E-state index contributed by atoms with van der Waals surface area (Å²) in [7, 11) is 0. The Kier molecular flexibility index (Phi) is 3.63. The summed E-state index contributed by atoms with van der Waals surface area (Å²) in [5, 5.41) is 9.46. The number of benzene rings is 2. The van der Waals surface area contributed by atoms with Crippen LogP contribution in [0.15, 0.2) is 54.2 Å². The number of nitrogens with one attached hydrogen (secondary N) is 1. The molecule has 0 aliphatic heterocycles. The average molecular weight is 340 g/mol. The summed E-state index contributed by atoms with van der Waals surface area (Å²) in [6.45, 7) is 2.13. The highest BCUT2D eigenvalue weighted by Crippen LogP contribution is 2.35. The molecule has 0 radical (unpaired) electrons. The van der Waals surface area contributed by atoms with E-state index in [1.807, 2.05) is 5.38 Å². The second-order valence-electron chi connectivity index (χ2n) is 5.42. The van der Waals surface area contributed by atoms with Crippen LogP contribution in [0.25, 0.3) is 21.0 Å². The lowest BCUT2D eigenvalue weighted by Gasteiger charge is -2.17. The highest BCUT2D eigenvalue weighted by Gasteiger charge is 2.14. The molecule has 0 saturated heterocycles. The van der Waals surface area contributed by atoms with E-state index >= 15 is 0 Å². The minimum Gasteiger partial charge on any atom is -0.363 e. The number of thiophene rings is 1. The third-order valence-electron chi connectivity index (χ3n) is 3.97. The zero-order valence-corrected chi connectivity index (χ0v) is 14.0. The van der Waals surface area contributed by atoms with Crippen LogP contribution < -0.4 is 5.32 Å². The van der Waals surface area contributed by atoms with Gasteiger partial charge in [-0.2, -0.15) is 0 Å². The maximum atomic E-state index is 6.29. The Labute approximate surface area is 143 Å². The Morgan fingerprint density at radius 3 is 2.83 bits per heavy atom. The van der Waals surface area contributed by atoms with Crippen molar-refractivity contribution in [1.29, 1.82) is 0 Å². The van der Waals surface area contributed by atoms with Crippen LogP contribution in [0.1, 0.15) is 18.5 Å². The van der Waals surface area contributed by atoms with Gasteiger partial charge >= 0.3 is 0 Å². The molecule has 2 heterocycles. The van der Waals surface area contributed by atoms with Crippen LogP contribution in [-0.4, -0.2) is 9.97 Å². The van der Waals surface area contributed by atoms with Gasteiger partial charge in [-0.3, -0.25) is 0 Å². The van der Waals surface area contributed by atoms with Gasteiger partial charge in [0.2, 0.25) is 0 Å². The van der Waals surface area contributed by atoms with Gasteiger partial charge in [-0.05, 0) is 23.3 Å². The van der Waals surface area contributed by atoms with Crippen molar-refractivity contribution in [3.8, 4) is 0 Å². The SMILES string of the molecule is CC(Nc1ncnc2scc(Cl)c12)c1cccc2ccccc12. The molecule has 0 aliphatic rings. The molecule has 23 heavy (non-hydrogen) atoms. The summed E-state index contributed by atoms with van der Waals surface area (Å²) < 4.78 is 0. The summed E-state index contributed by atoms with van der Waals surface area (Å²) in [4.78, 5) is 9.56. The number of hydrogen-bond donors (Lipinski definition) is 1. The summed E-state index contributed by atoms with van der Waals surface area (Å²) >= 11 is 7.82. The molecule has 0 aliphatic carbocycles. The molecular weight excluding hydrogens is 326 g/mol. The number of rotatable bonds is 3. The van der Waals surface area contributed by atoms with Crippen molar-refractivity contribution in [2.45, 2.75) is 13.0 Å². The minimum absolute atomic E-state index is 0.107. The first-order valence-corrected chi connectivity index (χ1v) is 8.61. The average Bonchev–Trinajstić information content (AvgIpc) is 2.96. The fourth-order valence-electron chi connectivity index (χ4n) is 2.86. The maximum absolute atomic E-state index is 6.29. The Bertz CT molecular complexity index is 991. The van der Waals surface area contributed by atoms with Crippen LogP contribution in [0.5, 0.6) is 0 Å². The van der Waals surface area contributed by atoms with Crippen molar-refractivity contribution < 1.29 is 0 Å². The number of fused-ring (bicyclic) bond motifs is 2. The molecule has 4 aromatic rings. The topological polar surface area (TPSA) is 37.8 Å². The molecule has 4 rings (SSSR count). The maximum Gasteiger partial charge on any atom is 0.140 e. The van der Waals surface area contributed by atoms with Gasteiger partial charge in [0.15, 0.2) is 0 Å². The van der Waals surface area contributed by atoms with E-state index in [0.717, 1.165) is 16.0 Å². The van der Waals surface area contributed by atoms with Crippen molar-refractivity contribution in [3.05, 3.63) is 64.8 Å². The molecule has 1 N–H and O–H groups in total. The number of halogens is 1. The second kappa shape index (κ2) is 5.80. The highest BCUT2D eigenvalue weighted by molar-refractivity contribution is 7.17. The molecule has 1 atom stereocenters. The first kappa shape index (κ1) is 14.4. The van der Waals surface area contributed by atoms with E-state index in [1.54, 1.807) is 6.33 Å². The van der Waals surface area contributed by atoms with Gasteiger partial charge in [0, 0.05) is 5.38 Å². The van der Waals surface area contributed by atoms with E-state index in [-0.39, 0.29) is 6.04 Å². The number of nitrogens with zero attached hydrogens (tertiary/aromatic N) is 2. The molecule has 0 fully saturated rings. The molecule has 0 amide bonds. The molecule has 0 saturated carbocycles. The highest BCUT2D eigenvalue weighted by atomic mass is 35.5. The molecule has 2 aromatic heterocycles. The van der Waals surface area contributed by atoms with Gasteiger partial charge in [0.1, 0.15) is 17.0 Å². The Hall–Kier alpha value is -2.17. The van der Waals surface area contributed by atoms with Gasteiger partial charge in [0.05, 0.1) is 16.5 Å². The number of hydrogen-bond acceptors (Lipinski definition) is 4. The quantitative estimate of drug-likeness (QED) is 0.522. The molecule has 5 heteroatoms. The first-order chi connectivity index (χ1) is 11.2. The molecular formula is C18H14ClN3S. The lowest BCUT2D eigenvalue weighted by atomic mass is 10.00. The fourth-order valence-corrected chi connectivity index (χ4v) is 3.99. The van der Waals surface area contributed by atoms with E-state index in [9.17, 15) is 0 Å². The van der Waals surface area contributed by atoms with E-state index < -0.39 is 0 Å². The van der Waals surface area contributed by atoms with Crippen LogP contribution >= 0.6 is 22.9 Å². The Balaban J connectivity index is 1.77. The van der Waals surface area contributed by atoms with Gasteiger partial charge in [-0.15, -0.1) is 11.3 Å². The zero-order valence-electron chi connectivity index (χ0n) is 12.5. The van der Waals surface area contributed by atoms with Gasteiger partial charge in [-0.1, -0.05) is 54.1 Å². The van der Waals surface area contributed by atoms with E-state index in [2.05, 4.69) is 64.7 Å². The lowest BCUT2D eigenvalue weighted by Crippen LogP contribution is -2.09. The third-order valence-corrected chi connectivity index (χ3v) is 5.28. The summed E-state index contributed by atoms with van der Waals surface area (Å²) in [6, 6.07) is 14.9. The Morgan fingerprint density at radius 2 is 1.91 bits per heavy atom. The number of aromatic nitrogens is 2. The van der Waals surface area contributed by atoms with Crippen LogP contribution in [0.4, 0.5) is 5.82 Å². The van der Waals surface area contributed by atoms with Crippen molar-refractivity contribution >= 4 is 49.7 Å². The standard InChI is InChI=1S/C18H14ClN3S/c1-11(13-8-4-6-12-5-2-3-7-14(12)13)22-17-16-15(19)9-23-18(16)21-10-20-17/h2-11H,1H3,(H,20,21,22). The normalized spacial score (nSPS) is 12.6. The monoisotopic (exact) mass is 339 g/mol. The molecule has 114 valence electrons. The first-order valence-electron chi connectivity index (χ1n) is 7.36. The smallest absolute Gasteiger partial charge is 0.140 e. The predicted octanol–water partition coefficient (Wildman–Crippen LogP) is 5.67. The largest absolute Gasteiger partial charge is 0.363 e. The van der Waals surface area contributed by atoms with Crippen LogP contribution in [0.2, 0.25) is 5.02 Å². The van der Waals surface area contributed by atoms with Gasteiger partial charge in [-0.25, -0.2) is 9.97 Å². The summed E-state index contributed by atoms with van der Waals surface area (Å²) in [5.74, 6) is 0.779. The predicted molar refractivity (Wildman–Crippen MR) is 98.4 cm³/mol. The molecule has 2 aromatic carbocycles. The van der Waals surface area contributed by atoms with Crippen LogP contribution in [0, 0.1) is 0 Å².